The van der Waals surface area contributed by atoms with Crippen LogP contribution in [0.3, 0.4) is 0 Å². The van der Waals surface area contributed by atoms with E-state index < -0.39 is 35.3 Å². The third kappa shape index (κ3) is 2.82. The van der Waals surface area contributed by atoms with Crippen molar-refractivity contribution in [2.45, 2.75) is 31.6 Å². The molecule has 1 amide bonds. The Kier molecular flexibility index (Phi) is 3.96. The van der Waals surface area contributed by atoms with Crippen molar-refractivity contribution < 1.29 is 23.4 Å². The van der Waals surface area contributed by atoms with Crippen molar-refractivity contribution in [2.75, 3.05) is 0 Å². The van der Waals surface area contributed by atoms with Crippen LogP contribution in [0.5, 0.6) is 5.75 Å². The lowest BCUT2D eigenvalue weighted by atomic mass is 9.87. The molecule has 0 saturated carbocycles. The number of nitrogens with one attached hydrogen (secondary N) is 1. The summed E-state index contributed by atoms with van der Waals surface area (Å²) in [5.41, 5.74) is -0.785. The molecule has 0 radical (unpaired) electrons. The number of hydrogen-bond donors (Lipinski definition) is 2. The van der Waals surface area contributed by atoms with Crippen LogP contribution in [-0.2, 0) is 0 Å². The number of aromatic nitrogens is 1. The highest BCUT2D eigenvalue weighted by Gasteiger charge is 2.43. The molecule has 2 N–H and O–H groups in total. The summed E-state index contributed by atoms with van der Waals surface area (Å²) < 4.78 is 32.5. The number of benzene rings is 1. The van der Waals surface area contributed by atoms with E-state index in [1.54, 1.807) is 19.9 Å². The number of rotatable bonds is 2. The number of aliphatic hydroxyl groups excluding tert-OH is 1. The second-order valence-electron chi connectivity index (χ2n) is 6.14. The Balaban J connectivity index is 1.94. The molecule has 2 heterocycles. The normalized spacial score (nSPS) is 21.5. The van der Waals surface area contributed by atoms with E-state index in [9.17, 15) is 18.7 Å². The van der Waals surface area contributed by atoms with Crippen LogP contribution in [0.25, 0.3) is 0 Å². The Hall–Kier alpha value is -2.54. The van der Waals surface area contributed by atoms with Crippen molar-refractivity contribution in [3.8, 4) is 5.75 Å². The first-order valence-corrected chi connectivity index (χ1v) is 7.36. The lowest BCUT2D eigenvalue weighted by molar-refractivity contribution is -0.0629. The monoisotopic (exact) mass is 334 g/mol. The van der Waals surface area contributed by atoms with Crippen LogP contribution in [-0.4, -0.2) is 27.7 Å². The molecule has 24 heavy (non-hydrogen) atoms. The zero-order valence-corrected chi connectivity index (χ0v) is 13.1. The molecule has 0 aliphatic carbocycles. The van der Waals surface area contributed by atoms with Gasteiger partial charge in [-0.15, -0.1) is 0 Å². The summed E-state index contributed by atoms with van der Waals surface area (Å²) in [6, 6.07) is 3.48. The van der Waals surface area contributed by atoms with Gasteiger partial charge in [-0.2, -0.15) is 0 Å². The van der Waals surface area contributed by atoms with E-state index in [0.29, 0.717) is 17.4 Å². The molecule has 2 atom stereocenters. The van der Waals surface area contributed by atoms with Crippen LogP contribution in [0.2, 0.25) is 0 Å². The molecule has 1 aromatic carbocycles. The maximum absolute atomic E-state index is 13.8. The van der Waals surface area contributed by atoms with Gasteiger partial charge in [0.05, 0.1) is 11.6 Å². The van der Waals surface area contributed by atoms with Crippen molar-refractivity contribution >= 4 is 5.91 Å². The van der Waals surface area contributed by atoms with Crippen molar-refractivity contribution in [2.24, 2.45) is 0 Å². The molecule has 1 aromatic heterocycles. The van der Waals surface area contributed by atoms with Gasteiger partial charge in [-0.3, -0.25) is 9.78 Å². The summed E-state index contributed by atoms with van der Waals surface area (Å²) in [7, 11) is 0. The highest BCUT2D eigenvalue weighted by molar-refractivity contribution is 5.94. The van der Waals surface area contributed by atoms with Crippen molar-refractivity contribution in [3.05, 3.63) is 59.4 Å². The third-order valence-electron chi connectivity index (χ3n) is 4.01. The number of ether oxygens (including phenoxy) is 1. The first-order valence-electron chi connectivity index (χ1n) is 7.36. The molecular weight excluding hydrogens is 318 g/mol. The van der Waals surface area contributed by atoms with E-state index in [4.69, 9.17) is 4.74 Å². The maximum atomic E-state index is 13.8. The minimum atomic E-state index is -1.08. The summed E-state index contributed by atoms with van der Waals surface area (Å²) in [6.45, 7) is 3.36. The average Bonchev–Trinajstić information content (AvgIpc) is 2.51. The van der Waals surface area contributed by atoms with E-state index in [1.807, 2.05) is 0 Å². The predicted octanol–water partition coefficient (Wildman–Crippen LogP) is 2.36. The minimum absolute atomic E-state index is 0.307. The second-order valence-corrected chi connectivity index (χ2v) is 6.14. The minimum Gasteiger partial charge on any atom is -0.485 e. The summed E-state index contributed by atoms with van der Waals surface area (Å²) in [5, 5.41) is 13.1. The number of halogens is 2. The van der Waals surface area contributed by atoms with Crippen LogP contribution in [0.4, 0.5) is 8.78 Å². The second kappa shape index (κ2) is 5.83. The van der Waals surface area contributed by atoms with E-state index in [1.165, 1.54) is 12.4 Å². The molecule has 3 rings (SSSR count). The average molecular weight is 334 g/mol. The topological polar surface area (TPSA) is 71.5 Å². The molecule has 0 unspecified atom stereocenters. The molecule has 0 fully saturated rings. The number of hydrogen-bond acceptors (Lipinski definition) is 4. The number of amides is 1. The van der Waals surface area contributed by atoms with Gasteiger partial charge in [-0.1, -0.05) is 0 Å². The predicted molar refractivity (Wildman–Crippen MR) is 81.5 cm³/mol. The summed E-state index contributed by atoms with van der Waals surface area (Å²) >= 11 is 0. The smallest absolute Gasteiger partial charge is 0.254 e. The highest BCUT2D eigenvalue weighted by atomic mass is 19.1. The molecule has 7 heteroatoms. The molecule has 0 spiro atoms. The van der Waals surface area contributed by atoms with Gasteiger partial charge in [0.25, 0.3) is 5.91 Å². The highest BCUT2D eigenvalue weighted by Crippen LogP contribution is 2.39. The third-order valence-corrected chi connectivity index (χ3v) is 4.01. The molecule has 5 nitrogen and oxygen atoms in total. The first kappa shape index (κ1) is 16.3. The Bertz CT molecular complexity index is 795. The van der Waals surface area contributed by atoms with Gasteiger partial charge in [0.1, 0.15) is 29.1 Å². The fraction of sp³-hybridized carbons (Fsp3) is 0.294. The Labute approximate surface area is 137 Å². The lowest BCUT2D eigenvalue weighted by Gasteiger charge is -2.42. The van der Waals surface area contributed by atoms with E-state index in [-0.39, 0.29) is 5.56 Å². The fourth-order valence-electron chi connectivity index (χ4n) is 2.68. The Morgan fingerprint density at radius 2 is 2.08 bits per heavy atom. The van der Waals surface area contributed by atoms with Gasteiger partial charge in [0, 0.05) is 24.0 Å². The summed E-state index contributed by atoms with van der Waals surface area (Å²) in [5.74, 6) is -2.03. The molecule has 0 saturated heterocycles. The number of carbonyl (C=O) groups is 1. The Morgan fingerprint density at radius 3 is 2.79 bits per heavy atom. The molecule has 0 bridgehead atoms. The largest absolute Gasteiger partial charge is 0.485 e. The summed E-state index contributed by atoms with van der Waals surface area (Å²) in [4.78, 5) is 16.3. The number of fused-ring (bicyclic) bond motifs is 1. The summed E-state index contributed by atoms with van der Waals surface area (Å²) in [6.07, 6.45) is 1.92. The number of nitrogens with zero attached hydrogens (tertiary/aromatic N) is 1. The van der Waals surface area contributed by atoms with Gasteiger partial charge in [-0.25, -0.2) is 8.78 Å². The number of pyridine rings is 1. The van der Waals surface area contributed by atoms with Gasteiger partial charge in [-0.05, 0) is 32.0 Å². The van der Waals surface area contributed by atoms with E-state index in [0.717, 1.165) is 12.1 Å². The van der Waals surface area contributed by atoms with E-state index >= 15 is 0 Å². The lowest BCUT2D eigenvalue weighted by Crippen LogP contribution is -2.53. The van der Waals surface area contributed by atoms with Gasteiger partial charge >= 0.3 is 0 Å². The molecule has 2 aromatic rings. The van der Waals surface area contributed by atoms with Crippen LogP contribution in [0.1, 0.15) is 35.8 Å². The molecular formula is C17H16F2N2O3. The maximum Gasteiger partial charge on any atom is 0.254 e. The van der Waals surface area contributed by atoms with Gasteiger partial charge in [0.2, 0.25) is 0 Å². The SMILES string of the molecule is CC1(C)Oc2ccncc2[C@@H](NC(=O)c2ccc(F)cc2F)[C@@H]1O. The van der Waals surface area contributed by atoms with Crippen LogP contribution >= 0.6 is 0 Å². The van der Waals surface area contributed by atoms with Gasteiger partial charge in [0.15, 0.2) is 0 Å². The van der Waals surface area contributed by atoms with Gasteiger partial charge < -0.3 is 15.2 Å². The zero-order valence-electron chi connectivity index (χ0n) is 13.1. The quantitative estimate of drug-likeness (QED) is 0.884. The standard InChI is InChI=1S/C17H16F2N2O3/c1-17(2)15(22)14(11-8-20-6-5-13(11)24-17)21-16(23)10-4-3-9(18)7-12(10)19/h3-8,14-15,22H,1-2H3,(H,21,23)/t14-,15+/m1/s1. The first-order chi connectivity index (χ1) is 11.3. The molecule has 1 aliphatic rings. The Morgan fingerprint density at radius 1 is 1.33 bits per heavy atom. The van der Waals surface area contributed by atoms with Crippen LogP contribution < -0.4 is 10.1 Å². The van der Waals surface area contributed by atoms with Crippen LogP contribution in [0.15, 0.2) is 36.7 Å². The molecule has 1 aliphatic heterocycles. The zero-order chi connectivity index (χ0) is 17.5. The number of carbonyl (C=O) groups excluding carboxylic acids is 1. The van der Waals surface area contributed by atoms with Crippen molar-refractivity contribution in [3.63, 3.8) is 0 Å². The molecule has 126 valence electrons. The number of aliphatic hydroxyl groups is 1. The van der Waals surface area contributed by atoms with Crippen molar-refractivity contribution in [1.82, 2.24) is 10.3 Å². The van der Waals surface area contributed by atoms with Crippen molar-refractivity contribution in [1.29, 1.82) is 0 Å². The van der Waals surface area contributed by atoms with E-state index in [2.05, 4.69) is 10.3 Å². The van der Waals surface area contributed by atoms with Crippen LogP contribution in [0, 0.1) is 11.6 Å². The fourth-order valence-corrected chi connectivity index (χ4v) is 2.68.